The molecular formula is C18H26O3. The molecule has 1 saturated carbocycles. The Morgan fingerprint density at radius 2 is 1.57 bits per heavy atom. The van der Waals surface area contributed by atoms with Crippen LogP contribution in [0.2, 0.25) is 0 Å². The van der Waals surface area contributed by atoms with Gasteiger partial charge in [-0.1, -0.05) is 38.1 Å². The van der Waals surface area contributed by atoms with Crippen molar-refractivity contribution < 1.29 is 14.6 Å². The molecule has 1 saturated heterocycles. The molecule has 1 aromatic carbocycles. The molecule has 0 bridgehead atoms. The number of rotatable bonds is 3. The van der Waals surface area contributed by atoms with Gasteiger partial charge in [0, 0.05) is 12.8 Å². The van der Waals surface area contributed by atoms with Crippen LogP contribution in [0.15, 0.2) is 24.3 Å². The first kappa shape index (κ1) is 15.0. The van der Waals surface area contributed by atoms with E-state index in [1.165, 1.54) is 5.56 Å². The van der Waals surface area contributed by atoms with Crippen molar-refractivity contribution in [1.29, 1.82) is 0 Å². The molecule has 3 heteroatoms. The molecule has 3 nitrogen and oxygen atoms in total. The van der Waals surface area contributed by atoms with Crippen LogP contribution in [0.3, 0.4) is 0 Å². The third-order valence-electron chi connectivity index (χ3n) is 4.79. The molecule has 2 aliphatic rings. The predicted octanol–water partition coefficient (Wildman–Crippen LogP) is 3.39. The molecular weight excluding hydrogens is 264 g/mol. The Balaban J connectivity index is 1.68. The molecule has 0 amide bonds. The quantitative estimate of drug-likeness (QED) is 0.927. The minimum absolute atomic E-state index is 0.413. The monoisotopic (exact) mass is 290 g/mol. The zero-order valence-corrected chi connectivity index (χ0v) is 13.1. The lowest BCUT2D eigenvalue weighted by Gasteiger charge is -2.40. The molecule has 1 aromatic rings. The van der Waals surface area contributed by atoms with Crippen LogP contribution in [0.4, 0.5) is 0 Å². The Kier molecular flexibility index (Phi) is 4.08. The minimum Gasteiger partial charge on any atom is -0.385 e. The summed E-state index contributed by atoms with van der Waals surface area (Å²) in [6.45, 7) is 5.82. The van der Waals surface area contributed by atoms with Crippen LogP contribution in [0, 0.1) is 5.92 Å². The maximum Gasteiger partial charge on any atom is 0.168 e. The SMILES string of the molecule is CC(C)Cc1ccc(C2(O)CCC3(CC2)OCCO3)cc1. The molecule has 0 aromatic heterocycles. The fourth-order valence-corrected chi connectivity index (χ4v) is 3.54. The predicted molar refractivity (Wildman–Crippen MR) is 82.0 cm³/mol. The van der Waals surface area contributed by atoms with Gasteiger partial charge in [0.1, 0.15) is 0 Å². The van der Waals surface area contributed by atoms with E-state index in [4.69, 9.17) is 9.47 Å². The zero-order chi connectivity index (χ0) is 14.9. The Hall–Kier alpha value is -0.900. The first-order valence-electron chi connectivity index (χ1n) is 8.11. The lowest BCUT2D eigenvalue weighted by Crippen LogP contribution is -2.42. The van der Waals surface area contributed by atoms with E-state index in [1.807, 2.05) is 0 Å². The van der Waals surface area contributed by atoms with Gasteiger partial charge in [-0.05, 0) is 36.3 Å². The molecule has 1 N–H and O–H groups in total. The van der Waals surface area contributed by atoms with Crippen molar-refractivity contribution in [3.05, 3.63) is 35.4 Å². The molecule has 1 heterocycles. The van der Waals surface area contributed by atoms with E-state index in [-0.39, 0.29) is 0 Å². The number of aliphatic hydroxyl groups is 1. The second-order valence-corrected chi connectivity index (χ2v) is 6.93. The summed E-state index contributed by atoms with van der Waals surface area (Å²) in [4.78, 5) is 0. The highest BCUT2D eigenvalue weighted by atomic mass is 16.7. The van der Waals surface area contributed by atoms with Gasteiger partial charge in [-0.25, -0.2) is 0 Å². The van der Waals surface area contributed by atoms with E-state index in [9.17, 15) is 5.11 Å². The fraction of sp³-hybridized carbons (Fsp3) is 0.667. The van der Waals surface area contributed by atoms with Gasteiger partial charge in [0.15, 0.2) is 5.79 Å². The molecule has 2 fully saturated rings. The molecule has 0 atom stereocenters. The van der Waals surface area contributed by atoms with Crippen LogP contribution in [0.1, 0.15) is 50.7 Å². The van der Waals surface area contributed by atoms with E-state index in [0.717, 1.165) is 24.8 Å². The van der Waals surface area contributed by atoms with E-state index >= 15 is 0 Å². The molecule has 3 rings (SSSR count). The summed E-state index contributed by atoms with van der Waals surface area (Å²) in [6, 6.07) is 8.48. The molecule has 1 aliphatic heterocycles. The summed E-state index contributed by atoms with van der Waals surface area (Å²) >= 11 is 0. The van der Waals surface area contributed by atoms with Crippen LogP contribution in [0.5, 0.6) is 0 Å². The summed E-state index contributed by atoms with van der Waals surface area (Å²) in [5.41, 5.74) is 1.65. The van der Waals surface area contributed by atoms with Crippen molar-refractivity contribution in [2.75, 3.05) is 13.2 Å². The van der Waals surface area contributed by atoms with Crippen molar-refractivity contribution in [2.24, 2.45) is 5.92 Å². The standard InChI is InChI=1S/C18H26O3/c1-14(2)13-15-3-5-16(6-4-15)17(19)7-9-18(10-8-17)20-11-12-21-18/h3-6,14,19H,7-13H2,1-2H3. The average Bonchev–Trinajstić information content (AvgIpc) is 2.92. The van der Waals surface area contributed by atoms with Crippen molar-refractivity contribution in [2.45, 2.75) is 57.3 Å². The maximum atomic E-state index is 10.9. The first-order valence-corrected chi connectivity index (χ1v) is 8.11. The van der Waals surface area contributed by atoms with Crippen molar-refractivity contribution >= 4 is 0 Å². The van der Waals surface area contributed by atoms with Crippen molar-refractivity contribution in [3.8, 4) is 0 Å². The third kappa shape index (κ3) is 3.15. The van der Waals surface area contributed by atoms with E-state index < -0.39 is 11.4 Å². The van der Waals surface area contributed by atoms with Crippen LogP contribution in [-0.2, 0) is 21.5 Å². The number of ether oxygens (including phenoxy) is 2. The Morgan fingerprint density at radius 3 is 2.10 bits per heavy atom. The fourth-order valence-electron chi connectivity index (χ4n) is 3.54. The molecule has 1 spiro atoms. The summed E-state index contributed by atoms with van der Waals surface area (Å²) in [5, 5.41) is 10.9. The van der Waals surface area contributed by atoms with Crippen molar-refractivity contribution in [1.82, 2.24) is 0 Å². The Morgan fingerprint density at radius 1 is 1.00 bits per heavy atom. The lowest BCUT2D eigenvalue weighted by atomic mass is 9.77. The van der Waals surface area contributed by atoms with Gasteiger partial charge >= 0.3 is 0 Å². The lowest BCUT2D eigenvalue weighted by molar-refractivity contribution is -0.204. The first-order chi connectivity index (χ1) is 10.0. The van der Waals surface area contributed by atoms with Crippen LogP contribution in [-0.4, -0.2) is 24.1 Å². The average molecular weight is 290 g/mol. The summed E-state index contributed by atoms with van der Waals surface area (Å²) in [5.74, 6) is 0.245. The highest BCUT2D eigenvalue weighted by Gasteiger charge is 2.46. The van der Waals surface area contributed by atoms with Crippen LogP contribution < -0.4 is 0 Å². The maximum absolute atomic E-state index is 10.9. The third-order valence-corrected chi connectivity index (χ3v) is 4.79. The summed E-state index contributed by atoms with van der Waals surface area (Å²) in [7, 11) is 0. The van der Waals surface area contributed by atoms with Gasteiger partial charge in [-0.15, -0.1) is 0 Å². The van der Waals surface area contributed by atoms with Gasteiger partial charge < -0.3 is 14.6 Å². The molecule has 0 radical (unpaired) electrons. The van der Waals surface area contributed by atoms with Gasteiger partial charge in [-0.2, -0.15) is 0 Å². The number of hydrogen-bond donors (Lipinski definition) is 1. The van der Waals surface area contributed by atoms with Gasteiger partial charge in [0.2, 0.25) is 0 Å². The van der Waals surface area contributed by atoms with E-state index in [0.29, 0.717) is 32.0 Å². The normalized spacial score (nSPS) is 23.8. The number of benzene rings is 1. The summed E-state index contributed by atoms with van der Waals surface area (Å²) < 4.78 is 11.5. The van der Waals surface area contributed by atoms with E-state index in [2.05, 4.69) is 38.1 Å². The zero-order valence-electron chi connectivity index (χ0n) is 13.1. The van der Waals surface area contributed by atoms with E-state index in [1.54, 1.807) is 0 Å². The second-order valence-electron chi connectivity index (χ2n) is 6.93. The largest absolute Gasteiger partial charge is 0.385 e. The molecule has 1 aliphatic carbocycles. The topological polar surface area (TPSA) is 38.7 Å². The number of hydrogen-bond acceptors (Lipinski definition) is 3. The molecule has 0 unspecified atom stereocenters. The second kappa shape index (κ2) is 5.71. The summed E-state index contributed by atoms with van der Waals surface area (Å²) in [6.07, 6.45) is 4.05. The van der Waals surface area contributed by atoms with Gasteiger partial charge in [0.05, 0.1) is 18.8 Å². The van der Waals surface area contributed by atoms with Crippen molar-refractivity contribution in [3.63, 3.8) is 0 Å². The molecule has 21 heavy (non-hydrogen) atoms. The smallest absolute Gasteiger partial charge is 0.168 e. The highest BCUT2D eigenvalue weighted by molar-refractivity contribution is 5.28. The Bertz CT molecular complexity index is 462. The van der Waals surface area contributed by atoms with Crippen LogP contribution >= 0.6 is 0 Å². The Labute approximate surface area is 127 Å². The van der Waals surface area contributed by atoms with Gasteiger partial charge in [0.25, 0.3) is 0 Å². The van der Waals surface area contributed by atoms with Crippen LogP contribution in [0.25, 0.3) is 0 Å². The minimum atomic E-state index is -0.725. The highest BCUT2D eigenvalue weighted by Crippen LogP contribution is 2.44. The van der Waals surface area contributed by atoms with Gasteiger partial charge in [-0.3, -0.25) is 0 Å². The molecule has 116 valence electrons.